The third kappa shape index (κ3) is 3.62. The normalized spacial score (nSPS) is 17.0. The largest absolute Gasteiger partial charge is 0.370 e. The predicted molar refractivity (Wildman–Crippen MR) is 84.3 cm³/mol. The zero-order valence-corrected chi connectivity index (χ0v) is 13.9. The topological polar surface area (TPSA) is 78.4 Å². The van der Waals surface area contributed by atoms with E-state index in [0.29, 0.717) is 26.2 Å². The molecule has 7 nitrogen and oxygen atoms in total. The van der Waals surface area contributed by atoms with Gasteiger partial charge in [0.15, 0.2) is 0 Å². The summed E-state index contributed by atoms with van der Waals surface area (Å²) < 4.78 is 24.6. The second-order valence-corrected chi connectivity index (χ2v) is 7.23. The zero-order valence-electron chi connectivity index (χ0n) is 13.0. The average Bonchev–Trinajstić information content (AvgIpc) is 2.42. The fourth-order valence-electron chi connectivity index (χ4n) is 2.49. The molecule has 0 radical (unpaired) electrons. The molecule has 1 aliphatic rings. The molecule has 0 spiro atoms. The van der Waals surface area contributed by atoms with Crippen LogP contribution in [0.4, 0.5) is 11.6 Å². The first kappa shape index (κ1) is 16.0. The smallest absolute Gasteiger partial charge is 0.211 e. The van der Waals surface area contributed by atoms with Gasteiger partial charge in [0.05, 0.1) is 6.26 Å². The number of piperazine rings is 1. The Morgan fingerprint density at radius 3 is 2.29 bits per heavy atom. The highest BCUT2D eigenvalue weighted by atomic mass is 32.2. The summed E-state index contributed by atoms with van der Waals surface area (Å²) in [6.45, 7) is 8.99. The van der Waals surface area contributed by atoms with Crippen LogP contribution in [0.2, 0.25) is 0 Å². The third-order valence-electron chi connectivity index (χ3n) is 3.58. The van der Waals surface area contributed by atoms with Gasteiger partial charge < -0.3 is 10.2 Å². The molecule has 2 rings (SSSR count). The molecule has 1 saturated heterocycles. The Morgan fingerprint density at radius 1 is 1.14 bits per heavy atom. The number of sulfonamides is 1. The van der Waals surface area contributed by atoms with Crippen LogP contribution in [0.25, 0.3) is 0 Å². The Hall–Kier alpha value is -1.41. The van der Waals surface area contributed by atoms with Crippen LogP contribution in [0.1, 0.15) is 18.3 Å². The summed E-state index contributed by atoms with van der Waals surface area (Å²) in [6, 6.07) is 0. The van der Waals surface area contributed by atoms with Gasteiger partial charge in [0.1, 0.15) is 17.5 Å². The van der Waals surface area contributed by atoms with Crippen molar-refractivity contribution >= 4 is 21.7 Å². The van der Waals surface area contributed by atoms with Crippen molar-refractivity contribution in [2.75, 3.05) is 49.2 Å². The monoisotopic (exact) mass is 313 g/mol. The first-order valence-electron chi connectivity index (χ1n) is 7.12. The van der Waals surface area contributed by atoms with Crippen LogP contribution in [-0.2, 0) is 10.0 Å². The van der Waals surface area contributed by atoms with E-state index in [1.807, 2.05) is 20.8 Å². The molecule has 118 valence electrons. The molecule has 0 saturated carbocycles. The average molecular weight is 313 g/mol. The molecule has 21 heavy (non-hydrogen) atoms. The van der Waals surface area contributed by atoms with Crippen LogP contribution in [-0.4, -0.2) is 61.7 Å². The first-order valence-corrected chi connectivity index (χ1v) is 8.97. The zero-order chi connectivity index (χ0) is 15.6. The molecule has 0 aliphatic carbocycles. The highest BCUT2D eigenvalue weighted by molar-refractivity contribution is 7.88. The molecule has 1 N–H and O–H groups in total. The summed E-state index contributed by atoms with van der Waals surface area (Å²) in [5.74, 6) is 2.47. The molecule has 0 unspecified atom stereocenters. The number of hydrogen-bond acceptors (Lipinski definition) is 6. The maximum atomic E-state index is 11.6. The number of aromatic nitrogens is 2. The van der Waals surface area contributed by atoms with Gasteiger partial charge in [-0.25, -0.2) is 18.4 Å². The third-order valence-corrected chi connectivity index (χ3v) is 4.89. The molecule has 1 aliphatic heterocycles. The molecule has 0 bridgehead atoms. The van der Waals surface area contributed by atoms with Crippen LogP contribution < -0.4 is 10.2 Å². The van der Waals surface area contributed by atoms with E-state index in [9.17, 15) is 8.42 Å². The van der Waals surface area contributed by atoms with Crippen molar-refractivity contribution in [1.82, 2.24) is 14.3 Å². The summed E-state index contributed by atoms with van der Waals surface area (Å²) >= 11 is 0. The van der Waals surface area contributed by atoms with E-state index in [0.717, 1.165) is 29.6 Å². The Balaban J connectivity index is 2.20. The van der Waals surface area contributed by atoms with Gasteiger partial charge in [-0.05, 0) is 20.8 Å². The van der Waals surface area contributed by atoms with Crippen molar-refractivity contribution in [1.29, 1.82) is 0 Å². The van der Waals surface area contributed by atoms with E-state index < -0.39 is 10.0 Å². The number of rotatable bonds is 4. The molecule has 1 aromatic rings. The molecule has 0 amide bonds. The van der Waals surface area contributed by atoms with Crippen LogP contribution >= 0.6 is 0 Å². The van der Waals surface area contributed by atoms with Crippen LogP contribution in [0.15, 0.2) is 0 Å². The van der Waals surface area contributed by atoms with Gasteiger partial charge in [-0.2, -0.15) is 4.31 Å². The van der Waals surface area contributed by atoms with Gasteiger partial charge in [-0.15, -0.1) is 0 Å². The highest BCUT2D eigenvalue weighted by Crippen LogP contribution is 2.24. The number of nitrogens with one attached hydrogen (secondary N) is 1. The highest BCUT2D eigenvalue weighted by Gasteiger charge is 2.25. The maximum Gasteiger partial charge on any atom is 0.211 e. The van der Waals surface area contributed by atoms with Crippen LogP contribution in [0.3, 0.4) is 0 Å². The quantitative estimate of drug-likeness (QED) is 0.877. The van der Waals surface area contributed by atoms with Crippen molar-refractivity contribution in [3.05, 3.63) is 11.4 Å². The van der Waals surface area contributed by atoms with Gasteiger partial charge >= 0.3 is 0 Å². The summed E-state index contributed by atoms with van der Waals surface area (Å²) in [5, 5.41) is 3.25. The molecule has 1 aromatic heterocycles. The van der Waals surface area contributed by atoms with E-state index in [1.165, 1.54) is 10.6 Å². The van der Waals surface area contributed by atoms with Crippen LogP contribution in [0.5, 0.6) is 0 Å². The Morgan fingerprint density at radius 2 is 1.76 bits per heavy atom. The standard InChI is InChI=1S/C13H23N5O2S/c1-5-14-12-10(2)13(16-11(3)15-12)17-6-8-18(9-7-17)21(4,19)20/h5-9H2,1-4H3,(H,14,15,16). The molecular formula is C13H23N5O2S. The summed E-state index contributed by atoms with van der Waals surface area (Å²) in [4.78, 5) is 11.1. The summed E-state index contributed by atoms with van der Waals surface area (Å²) in [6.07, 6.45) is 1.26. The van der Waals surface area contributed by atoms with E-state index in [2.05, 4.69) is 20.2 Å². The minimum atomic E-state index is -3.10. The van der Waals surface area contributed by atoms with E-state index in [1.54, 1.807) is 0 Å². The number of nitrogens with zero attached hydrogens (tertiary/aromatic N) is 4. The van der Waals surface area contributed by atoms with Gasteiger partial charge in [0.2, 0.25) is 10.0 Å². The number of aryl methyl sites for hydroxylation is 1. The first-order chi connectivity index (χ1) is 9.82. The lowest BCUT2D eigenvalue weighted by Gasteiger charge is -2.35. The Bertz CT molecular complexity index is 609. The minimum Gasteiger partial charge on any atom is -0.370 e. The van der Waals surface area contributed by atoms with Crippen molar-refractivity contribution in [2.45, 2.75) is 20.8 Å². The van der Waals surface area contributed by atoms with Gasteiger partial charge in [0.25, 0.3) is 0 Å². The summed E-state index contributed by atoms with van der Waals surface area (Å²) in [7, 11) is -3.10. The van der Waals surface area contributed by atoms with Crippen LogP contribution in [0, 0.1) is 13.8 Å². The SMILES string of the molecule is CCNc1nc(C)nc(N2CCN(S(C)(=O)=O)CC2)c1C. The lowest BCUT2D eigenvalue weighted by atomic mass is 10.2. The second kappa shape index (κ2) is 6.15. The Kier molecular flexibility index (Phi) is 4.67. The number of hydrogen-bond donors (Lipinski definition) is 1. The molecule has 8 heteroatoms. The molecule has 0 atom stereocenters. The van der Waals surface area contributed by atoms with Gasteiger partial charge in [0, 0.05) is 38.3 Å². The molecule has 2 heterocycles. The fourth-order valence-corrected chi connectivity index (χ4v) is 3.32. The van der Waals surface area contributed by atoms with E-state index >= 15 is 0 Å². The van der Waals surface area contributed by atoms with Crippen molar-refractivity contribution in [2.24, 2.45) is 0 Å². The van der Waals surface area contributed by atoms with Gasteiger partial charge in [-0.1, -0.05) is 0 Å². The fraction of sp³-hybridized carbons (Fsp3) is 0.692. The summed E-state index contributed by atoms with van der Waals surface area (Å²) in [5.41, 5.74) is 1.01. The molecule has 1 fully saturated rings. The maximum absolute atomic E-state index is 11.6. The lowest BCUT2D eigenvalue weighted by Crippen LogP contribution is -2.48. The predicted octanol–water partition coefficient (Wildman–Crippen LogP) is 0.607. The number of anilines is 2. The molecule has 0 aromatic carbocycles. The van der Waals surface area contributed by atoms with E-state index in [-0.39, 0.29) is 0 Å². The van der Waals surface area contributed by atoms with Crippen molar-refractivity contribution < 1.29 is 8.42 Å². The van der Waals surface area contributed by atoms with E-state index in [4.69, 9.17) is 0 Å². The second-order valence-electron chi connectivity index (χ2n) is 5.25. The lowest BCUT2D eigenvalue weighted by molar-refractivity contribution is 0.386. The van der Waals surface area contributed by atoms with Gasteiger partial charge in [-0.3, -0.25) is 0 Å². The Labute approximate surface area is 126 Å². The minimum absolute atomic E-state index is 0.498. The van der Waals surface area contributed by atoms with Crippen molar-refractivity contribution in [3.8, 4) is 0 Å². The van der Waals surface area contributed by atoms with Crippen molar-refractivity contribution in [3.63, 3.8) is 0 Å². The molecular weight excluding hydrogens is 290 g/mol.